The third-order valence-electron chi connectivity index (χ3n) is 3.50. The Morgan fingerprint density at radius 3 is 1.55 bits per heavy atom. The summed E-state index contributed by atoms with van der Waals surface area (Å²) in [5.74, 6) is 1.06. The van der Waals surface area contributed by atoms with Crippen molar-refractivity contribution in [2.24, 2.45) is 0 Å². The van der Waals surface area contributed by atoms with Gasteiger partial charge >= 0.3 is 6.16 Å². The van der Waals surface area contributed by atoms with Crippen LogP contribution in [-0.2, 0) is 0 Å². The van der Waals surface area contributed by atoms with Crippen LogP contribution in [0.4, 0.5) is 4.79 Å². The number of aryl methyl sites for hydroxylation is 2. The maximum Gasteiger partial charge on any atom is 0.519 e. The van der Waals surface area contributed by atoms with Crippen LogP contribution >= 0.6 is 0 Å². The highest BCUT2D eigenvalue weighted by atomic mass is 16.7. The smallest absolute Gasteiger partial charge is 0.394 e. The lowest BCUT2D eigenvalue weighted by molar-refractivity contribution is 0.151. The summed E-state index contributed by atoms with van der Waals surface area (Å²) in [6, 6.07) is 11.2. The minimum absolute atomic E-state index is 0.528. The Labute approximate surface area is 119 Å². The van der Waals surface area contributed by atoms with Crippen molar-refractivity contribution in [3.8, 4) is 11.5 Å². The summed E-state index contributed by atoms with van der Waals surface area (Å²) in [7, 11) is 0. The number of rotatable bonds is 2. The zero-order valence-corrected chi connectivity index (χ0v) is 12.2. The first-order chi connectivity index (χ1) is 9.49. The molecular weight excluding hydrogens is 252 g/mol. The molecule has 0 amide bonds. The first-order valence-corrected chi connectivity index (χ1v) is 6.51. The molecule has 2 aromatic carbocycles. The van der Waals surface area contributed by atoms with Crippen LogP contribution in [0.2, 0.25) is 0 Å². The van der Waals surface area contributed by atoms with Gasteiger partial charge in [-0.25, -0.2) is 4.79 Å². The van der Waals surface area contributed by atoms with E-state index in [-0.39, 0.29) is 0 Å². The highest BCUT2D eigenvalue weighted by Gasteiger charge is 2.12. The van der Waals surface area contributed by atoms with E-state index < -0.39 is 6.16 Å². The standard InChI is InChI=1S/C17H18O3/c1-11-7-5-9-15(13(11)3)19-17(18)20-16-10-6-8-12(2)14(16)4/h5-10H,1-4H3. The van der Waals surface area contributed by atoms with Gasteiger partial charge in [-0.05, 0) is 62.1 Å². The zero-order valence-electron chi connectivity index (χ0n) is 12.2. The summed E-state index contributed by atoms with van der Waals surface area (Å²) < 4.78 is 10.5. The zero-order chi connectivity index (χ0) is 14.7. The molecule has 0 heterocycles. The van der Waals surface area contributed by atoms with Crippen molar-refractivity contribution in [3.05, 3.63) is 58.7 Å². The van der Waals surface area contributed by atoms with Gasteiger partial charge in [0, 0.05) is 0 Å². The average molecular weight is 270 g/mol. The van der Waals surface area contributed by atoms with Gasteiger partial charge in [0.25, 0.3) is 0 Å². The lowest BCUT2D eigenvalue weighted by atomic mass is 10.1. The minimum atomic E-state index is -0.715. The monoisotopic (exact) mass is 270 g/mol. The third-order valence-corrected chi connectivity index (χ3v) is 3.50. The fourth-order valence-electron chi connectivity index (χ4n) is 1.87. The van der Waals surface area contributed by atoms with Gasteiger partial charge in [-0.2, -0.15) is 0 Å². The molecule has 20 heavy (non-hydrogen) atoms. The average Bonchev–Trinajstić information content (AvgIpc) is 2.40. The Hall–Kier alpha value is -2.29. The molecule has 0 N–H and O–H groups in total. The van der Waals surface area contributed by atoms with Crippen LogP contribution in [0.15, 0.2) is 36.4 Å². The molecule has 0 aliphatic carbocycles. The molecule has 104 valence electrons. The van der Waals surface area contributed by atoms with E-state index in [9.17, 15) is 4.79 Å². The van der Waals surface area contributed by atoms with E-state index in [1.165, 1.54) is 0 Å². The lowest BCUT2D eigenvalue weighted by Crippen LogP contribution is -2.15. The highest BCUT2D eigenvalue weighted by molar-refractivity contribution is 5.68. The Balaban J connectivity index is 2.13. The van der Waals surface area contributed by atoms with Crippen LogP contribution in [0.25, 0.3) is 0 Å². The van der Waals surface area contributed by atoms with E-state index in [2.05, 4.69) is 0 Å². The first kappa shape index (κ1) is 14.1. The number of ether oxygens (including phenoxy) is 2. The van der Waals surface area contributed by atoms with Gasteiger partial charge in [-0.15, -0.1) is 0 Å². The Morgan fingerprint density at radius 1 is 0.750 bits per heavy atom. The molecule has 0 aliphatic heterocycles. The normalized spacial score (nSPS) is 10.2. The van der Waals surface area contributed by atoms with Crippen LogP contribution in [0.5, 0.6) is 11.5 Å². The minimum Gasteiger partial charge on any atom is -0.394 e. The molecule has 0 spiro atoms. The van der Waals surface area contributed by atoms with Gasteiger partial charge in [0.1, 0.15) is 11.5 Å². The van der Waals surface area contributed by atoms with Gasteiger partial charge < -0.3 is 9.47 Å². The number of carbonyl (C=O) groups excluding carboxylic acids is 1. The molecule has 0 radical (unpaired) electrons. The predicted molar refractivity (Wildman–Crippen MR) is 78.5 cm³/mol. The largest absolute Gasteiger partial charge is 0.519 e. The van der Waals surface area contributed by atoms with Crippen LogP contribution in [0.3, 0.4) is 0 Å². The van der Waals surface area contributed by atoms with E-state index >= 15 is 0 Å². The lowest BCUT2D eigenvalue weighted by Gasteiger charge is -2.11. The topological polar surface area (TPSA) is 35.5 Å². The van der Waals surface area contributed by atoms with E-state index in [1.54, 1.807) is 12.1 Å². The molecule has 3 heteroatoms. The number of benzene rings is 2. The van der Waals surface area contributed by atoms with Crippen molar-refractivity contribution in [3.63, 3.8) is 0 Å². The van der Waals surface area contributed by atoms with Crippen molar-refractivity contribution in [1.29, 1.82) is 0 Å². The van der Waals surface area contributed by atoms with Crippen molar-refractivity contribution in [1.82, 2.24) is 0 Å². The number of carbonyl (C=O) groups is 1. The second-order valence-corrected chi connectivity index (χ2v) is 4.85. The molecule has 0 atom stereocenters. The van der Waals surface area contributed by atoms with Crippen LogP contribution in [0.1, 0.15) is 22.3 Å². The van der Waals surface area contributed by atoms with Crippen molar-refractivity contribution in [2.45, 2.75) is 27.7 Å². The van der Waals surface area contributed by atoms with Gasteiger partial charge in [-0.3, -0.25) is 0 Å². The van der Waals surface area contributed by atoms with E-state index in [1.807, 2.05) is 52.0 Å². The second kappa shape index (κ2) is 5.78. The molecule has 0 aromatic heterocycles. The van der Waals surface area contributed by atoms with E-state index in [4.69, 9.17) is 9.47 Å². The molecule has 0 unspecified atom stereocenters. The van der Waals surface area contributed by atoms with Crippen LogP contribution < -0.4 is 9.47 Å². The molecule has 0 bridgehead atoms. The van der Waals surface area contributed by atoms with Crippen LogP contribution in [0, 0.1) is 27.7 Å². The summed E-state index contributed by atoms with van der Waals surface area (Å²) in [6.07, 6.45) is -0.715. The number of hydrogen-bond acceptors (Lipinski definition) is 3. The van der Waals surface area contributed by atoms with Crippen molar-refractivity contribution >= 4 is 6.16 Å². The van der Waals surface area contributed by atoms with E-state index in [0.29, 0.717) is 11.5 Å². The van der Waals surface area contributed by atoms with Gasteiger partial charge in [0.15, 0.2) is 0 Å². The molecule has 2 aromatic rings. The molecule has 0 saturated heterocycles. The molecule has 2 rings (SSSR count). The molecule has 0 saturated carbocycles. The Kier molecular flexibility index (Phi) is 4.08. The SMILES string of the molecule is Cc1cccc(OC(=O)Oc2cccc(C)c2C)c1C. The molecule has 0 aliphatic rings. The fourth-order valence-corrected chi connectivity index (χ4v) is 1.87. The maximum atomic E-state index is 11.9. The maximum absolute atomic E-state index is 11.9. The summed E-state index contributed by atoms with van der Waals surface area (Å²) in [5.41, 5.74) is 4.01. The third kappa shape index (κ3) is 2.99. The second-order valence-electron chi connectivity index (χ2n) is 4.85. The Morgan fingerprint density at radius 2 is 1.15 bits per heavy atom. The fraction of sp³-hybridized carbons (Fsp3) is 0.235. The molecular formula is C17H18O3. The summed E-state index contributed by atoms with van der Waals surface area (Å²) in [6.45, 7) is 7.77. The van der Waals surface area contributed by atoms with Crippen molar-refractivity contribution in [2.75, 3.05) is 0 Å². The first-order valence-electron chi connectivity index (χ1n) is 6.51. The summed E-state index contributed by atoms with van der Waals surface area (Å²) >= 11 is 0. The van der Waals surface area contributed by atoms with Gasteiger partial charge in [0.05, 0.1) is 0 Å². The van der Waals surface area contributed by atoms with Crippen molar-refractivity contribution < 1.29 is 14.3 Å². The van der Waals surface area contributed by atoms with E-state index in [0.717, 1.165) is 22.3 Å². The number of hydrogen-bond donors (Lipinski definition) is 0. The predicted octanol–water partition coefficient (Wildman–Crippen LogP) is 4.50. The quantitative estimate of drug-likeness (QED) is 0.595. The molecule has 3 nitrogen and oxygen atoms in total. The highest BCUT2D eigenvalue weighted by Crippen LogP contribution is 2.23. The summed E-state index contributed by atoms with van der Waals surface area (Å²) in [4.78, 5) is 11.9. The Bertz CT molecular complexity index is 589. The van der Waals surface area contributed by atoms with Gasteiger partial charge in [-0.1, -0.05) is 24.3 Å². The molecule has 0 fully saturated rings. The summed E-state index contributed by atoms with van der Waals surface area (Å²) in [5, 5.41) is 0. The van der Waals surface area contributed by atoms with Gasteiger partial charge in [0.2, 0.25) is 0 Å². The van der Waals surface area contributed by atoms with Crippen LogP contribution in [-0.4, -0.2) is 6.16 Å².